The zero-order chi connectivity index (χ0) is 12.3. The van der Waals surface area contributed by atoms with Crippen molar-refractivity contribution in [3.05, 3.63) is 35.7 Å². The van der Waals surface area contributed by atoms with E-state index < -0.39 is 0 Å². The van der Waals surface area contributed by atoms with Crippen LogP contribution in [-0.4, -0.2) is 19.6 Å². The highest BCUT2D eigenvalue weighted by molar-refractivity contribution is 5.08. The van der Waals surface area contributed by atoms with Gasteiger partial charge in [0.05, 0.1) is 12.4 Å². The Labute approximate surface area is 99.2 Å². The number of aromatic nitrogens is 4. The molecule has 0 spiro atoms. The van der Waals surface area contributed by atoms with Crippen LogP contribution in [0.3, 0.4) is 0 Å². The van der Waals surface area contributed by atoms with E-state index in [1.165, 1.54) is 4.68 Å². The van der Waals surface area contributed by atoms with Gasteiger partial charge in [-0.3, -0.25) is 4.68 Å². The fraction of sp³-hybridized carbons (Fsp3) is 0.455. The van der Waals surface area contributed by atoms with Crippen LogP contribution < -0.4 is 5.32 Å². The third kappa shape index (κ3) is 2.71. The first kappa shape index (κ1) is 11.8. The lowest BCUT2D eigenvalue weighted by atomic mass is 10.3. The minimum atomic E-state index is -0.258. The smallest absolute Gasteiger partial charge is 0.215 e. The molecule has 0 radical (unpaired) electrons. The molecule has 92 valence electrons. The average Bonchev–Trinajstić information content (AvgIpc) is 2.87. The number of hydrogen-bond acceptors (Lipinski definition) is 3. The summed E-state index contributed by atoms with van der Waals surface area (Å²) in [5.41, 5.74) is 1.67. The third-order valence-electron chi connectivity index (χ3n) is 2.55. The molecule has 0 aliphatic heterocycles. The molecule has 17 heavy (non-hydrogen) atoms. The first-order valence-electron chi connectivity index (χ1n) is 5.59. The van der Waals surface area contributed by atoms with Crippen molar-refractivity contribution >= 4 is 0 Å². The highest BCUT2D eigenvalue weighted by Crippen LogP contribution is 2.06. The van der Waals surface area contributed by atoms with Gasteiger partial charge in [-0.05, 0) is 6.92 Å². The molecule has 0 bridgehead atoms. The Morgan fingerprint density at radius 1 is 1.29 bits per heavy atom. The van der Waals surface area contributed by atoms with E-state index in [1.54, 1.807) is 17.1 Å². The van der Waals surface area contributed by atoms with Gasteiger partial charge in [0.15, 0.2) is 0 Å². The summed E-state index contributed by atoms with van der Waals surface area (Å²) >= 11 is 0. The van der Waals surface area contributed by atoms with Gasteiger partial charge >= 0.3 is 0 Å². The number of nitrogens with zero attached hydrogens (tertiary/aromatic N) is 4. The monoisotopic (exact) mass is 237 g/mol. The van der Waals surface area contributed by atoms with Gasteiger partial charge < -0.3 is 5.32 Å². The Bertz CT molecular complexity index is 488. The van der Waals surface area contributed by atoms with Crippen molar-refractivity contribution in [2.45, 2.75) is 26.6 Å². The van der Waals surface area contributed by atoms with Crippen molar-refractivity contribution in [2.24, 2.45) is 7.05 Å². The van der Waals surface area contributed by atoms with Crippen LogP contribution >= 0.6 is 0 Å². The maximum absolute atomic E-state index is 13.6. The second-order valence-corrected chi connectivity index (χ2v) is 3.90. The van der Waals surface area contributed by atoms with Crippen LogP contribution in [0, 0.1) is 5.95 Å². The van der Waals surface area contributed by atoms with Crippen LogP contribution in [0.4, 0.5) is 4.39 Å². The third-order valence-corrected chi connectivity index (χ3v) is 2.55. The van der Waals surface area contributed by atoms with E-state index in [1.807, 2.05) is 20.2 Å². The average molecular weight is 237 g/mol. The normalized spacial score (nSPS) is 11.0. The highest BCUT2D eigenvalue weighted by atomic mass is 19.1. The standard InChI is InChI=1S/C11H16FN5/c1-3-17-11(12)10(7-15-17)6-13-4-9-5-14-16(2)8-9/h5,7-8,13H,3-4,6H2,1-2H3. The van der Waals surface area contributed by atoms with Crippen molar-refractivity contribution in [2.75, 3.05) is 0 Å². The van der Waals surface area contributed by atoms with Crippen LogP contribution in [0.25, 0.3) is 0 Å². The molecule has 5 nitrogen and oxygen atoms in total. The van der Waals surface area contributed by atoms with Gasteiger partial charge in [0, 0.05) is 44.0 Å². The van der Waals surface area contributed by atoms with E-state index >= 15 is 0 Å². The lowest BCUT2D eigenvalue weighted by Crippen LogP contribution is -2.13. The van der Waals surface area contributed by atoms with Crippen molar-refractivity contribution in [3.63, 3.8) is 0 Å². The molecule has 0 fully saturated rings. The highest BCUT2D eigenvalue weighted by Gasteiger charge is 2.08. The first-order chi connectivity index (χ1) is 8.20. The fourth-order valence-electron chi connectivity index (χ4n) is 1.65. The quantitative estimate of drug-likeness (QED) is 0.846. The van der Waals surface area contributed by atoms with Gasteiger partial charge in [0.2, 0.25) is 5.95 Å². The molecule has 2 aromatic heterocycles. The predicted octanol–water partition coefficient (Wildman–Crippen LogP) is 1.07. The minimum absolute atomic E-state index is 0.258. The lowest BCUT2D eigenvalue weighted by molar-refractivity contribution is 0.460. The SMILES string of the molecule is CCn1ncc(CNCc2cnn(C)c2)c1F. The van der Waals surface area contributed by atoms with Crippen LogP contribution in [0.1, 0.15) is 18.1 Å². The summed E-state index contributed by atoms with van der Waals surface area (Å²) in [6.45, 7) is 3.56. The van der Waals surface area contributed by atoms with Crippen molar-refractivity contribution in [3.8, 4) is 0 Å². The van der Waals surface area contributed by atoms with Crippen molar-refractivity contribution < 1.29 is 4.39 Å². The number of hydrogen-bond donors (Lipinski definition) is 1. The zero-order valence-corrected chi connectivity index (χ0v) is 10.0. The summed E-state index contributed by atoms with van der Waals surface area (Å²) in [4.78, 5) is 0. The van der Waals surface area contributed by atoms with Gasteiger partial charge in [-0.2, -0.15) is 14.6 Å². The minimum Gasteiger partial charge on any atom is -0.308 e. The zero-order valence-electron chi connectivity index (χ0n) is 10.0. The Morgan fingerprint density at radius 3 is 2.71 bits per heavy atom. The van der Waals surface area contributed by atoms with Gasteiger partial charge in [0.1, 0.15) is 0 Å². The molecule has 0 saturated heterocycles. The molecule has 0 aliphatic rings. The summed E-state index contributed by atoms with van der Waals surface area (Å²) in [5, 5.41) is 11.2. The van der Waals surface area contributed by atoms with Crippen molar-refractivity contribution in [1.29, 1.82) is 0 Å². The Kier molecular flexibility index (Phi) is 3.53. The Hall–Kier alpha value is -1.69. The summed E-state index contributed by atoms with van der Waals surface area (Å²) < 4.78 is 16.7. The summed E-state index contributed by atoms with van der Waals surface area (Å²) in [5.74, 6) is -0.258. The van der Waals surface area contributed by atoms with E-state index in [9.17, 15) is 4.39 Å². The second kappa shape index (κ2) is 5.09. The van der Waals surface area contributed by atoms with Crippen LogP contribution in [0.2, 0.25) is 0 Å². The van der Waals surface area contributed by atoms with Crippen LogP contribution in [-0.2, 0) is 26.7 Å². The van der Waals surface area contributed by atoms with E-state index in [4.69, 9.17) is 0 Å². The molecule has 0 atom stereocenters. The lowest BCUT2D eigenvalue weighted by Gasteiger charge is -2.01. The maximum Gasteiger partial charge on any atom is 0.215 e. The van der Waals surface area contributed by atoms with Gasteiger partial charge in [-0.1, -0.05) is 0 Å². The fourth-order valence-corrected chi connectivity index (χ4v) is 1.65. The summed E-state index contributed by atoms with van der Waals surface area (Å²) in [7, 11) is 1.87. The number of halogens is 1. The predicted molar refractivity (Wildman–Crippen MR) is 61.6 cm³/mol. The Balaban J connectivity index is 1.87. The molecule has 0 saturated carbocycles. The molecule has 2 heterocycles. The summed E-state index contributed by atoms with van der Waals surface area (Å²) in [6.07, 6.45) is 5.28. The number of aryl methyl sites for hydroxylation is 2. The largest absolute Gasteiger partial charge is 0.308 e. The molecule has 2 rings (SSSR count). The van der Waals surface area contributed by atoms with Gasteiger partial charge in [-0.15, -0.1) is 0 Å². The first-order valence-corrected chi connectivity index (χ1v) is 5.59. The topological polar surface area (TPSA) is 47.7 Å². The van der Waals surface area contributed by atoms with Crippen molar-refractivity contribution in [1.82, 2.24) is 24.9 Å². The van der Waals surface area contributed by atoms with E-state index in [-0.39, 0.29) is 5.95 Å². The number of rotatable bonds is 5. The van der Waals surface area contributed by atoms with Crippen LogP contribution in [0.5, 0.6) is 0 Å². The Morgan fingerprint density at radius 2 is 2.12 bits per heavy atom. The van der Waals surface area contributed by atoms with E-state index in [0.29, 0.717) is 25.2 Å². The van der Waals surface area contributed by atoms with Gasteiger partial charge in [-0.25, -0.2) is 4.68 Å². The van der Waals surface area contributed by atoms with E-state index in [0.717, 1.165) is 5.56 Å². The molecular formula is C11H16FN5. The molecule has 6 heteroatoms. The molecular weight excluding hydrogens is 221 g/mol. The molecule has 2 aromatic rings. The molecule has 0 amide bonds. The molecule has 0 aliphatic carbocycles. The summed E-state index contributed by atoms with van der Waals surface area (Å²) in [6, 6.07) is 0. The molecule has 1 N–H and O–H groups in total. The molecule has 0 unspecified atom stereocenters. The number of nitrogens with one attached hydrogen (secondary N) is 1. The van der Waals surface area contributed by atoms with Gasteiger partial charge in [0.25, 0.3) is 0 Å². The maximum atomic E-state index is 13.6. The van der Waals surface area contributed by atoms with Crippen LogP contribution in [0.15, 0.2) is 18.6 Å². The van der Waals surface area contributed by atoms with E-state index in [2.05, 4.69) is 15.5 Å². The second-order valence-electron chi connectivity index (χ2n) is 3.90. The molecule has 0 aromatic carbocycles.